The molecule has 0 bridgehead atoms. The number of imidazole rings is 1. The zero-order chi connectivity index (χ0) is 40.8. The number of nitrogens with one attached hydrogen (secondary N) is 1. The standard InChI is InChI=1S/C42H39N5O11/c1-20(48)53-17-33-32(54-21(2)49)16-34(58-33)47-19-45-37-41(43-18-44-42(37)47)46-36-35-29(38(55-22(3)50)40(57-24(5)52)39(36)56-23(4)51)13-12-27-14-26-11-10-25-8-6-7-9-28(25)30(26)15-31(27)35/h6-15,18-19,32-34,36,38-40H,16-17H2,1-5H3,(H,43,44,46)/t32-,33+,34+,36-,38+,39-,40-/m0/s1. The van der Waals surface area contributed by atoms with E-state index < -0.39 is 72.6 Å². The van der Waals surface area contributed by atoms with Crippen LogP contribution >= 0.6 is 0 Å². The molecule has 4 aromatic carbocycles. The molecule has 6 aromatic rings. The number of carbonyl (C=O) groups excluding carboxylic acids is 5. The molecule has 2 aliphatic rings. The highest BCUT2D eigenvalue weighted by atomic mass is 16.6. The van der Waals surface area contributed by atoms with Crippen molar-refractivity contribution in [1.82, 2.24) is 19.5 Å². The number of benzene rings is 4. The number of rotatable bonds is 9. The van der Waals surface area contributed by atoms with Gasteiger partial charge < -0.3 is 33.7 Å². The summed E-state index contributed by atoms with van der Waals surface area (Å²) in [5.74, 6) is -2.77. The van der Waals surface area contributed by atoms with Crippen LogP contribution in [-0.2, 0) is 52.4 Å². The second kappa shape index (κ2) is 15.3. The Labute approximate surface area is 330 Å². The Kier molecular flexibility index (Phi) is 10.1. The molecule has 7 atom stereocenters. The maximum Gasteiger partial charge on any atom is 0.303 e. The van der Waals surface area contributed by atoms with Gasteiger partial charge in [0.1, 0.15) is 31.4 Å². The number of ether oxygens (including phenoxy) is 6. The van der Waals surface area contributed by atoms with Crippen molar-refractivity contribution in [2.45, 2.75) is 83.8 Å². The minimum atomic E-state index is -1.27. The van der Waals surface area contributed by atoms with E-state index >= 15 is 0 Å². The molecule has 1 saturated heterocycles. The van der Waals surface area contributed by atoms with Crippen molar-refractivity contribution in [3.05, 3.63) is 84.4 Å². The van der Waals surface area contributed by atoms with Crippen LogP contribution in [0.2, 0.25) is 0 Å². The van der Waals surface area contributed by atoms with Crippen LogP contribution in [0.1, 0.15) is 70.5 Å². The summed E-state index contributed by atoms with van der Waals surface area (Å²) in [4.78, 5) is 75.6. The molecule has 0 radical (unpaired) electrons. The Balaban J connectivity index is 1.29. The lowest BCUT2D eigenvalue weighted by atomic mass is 9.78. The van der Waals surface area contributed by atoms with Gasteiger partial charge in [0.25, 0.3) is 0 Å². The van der Waals surface area contributed by atoms with E-state index in [1.165, 1.54) is 47.3 Å². The fourth-order valence-electron chi connectivity index (χ4n) is 8.15. The molecule has 8 rings (SSSR count). The van der Waals surface area contributed by atoms with Crippen LogP contribution in [0, 0.1) is 0 Å². The highest BCUT2D eigenvalue weighted by Crippen LogP contribution is 2.47. The summed E-state index contributed by atoms with van der Waals surface area (Å²) in [7, 11) is 0. The molecule has 3 heterocycles. The van der Waals surface area contributed by atoms with Crippen molar-refractivity contribution < 1.29 is 52.4 Å². The van der Waals surface area contributed by atoms with Gasteiger partial charge in [-0.25, -0.2) is 15.0 Å². The summed E-state index contributed by atoms with van der Waals surface area (Å²) in [6.45, 7) is 6.15. The third-order valence-electron chi connectivity index (χ3n) is 10.3. The van der Waals surface area contributed by atoms with Gasteiger partial charge in [-0.05, 0) is 50.0 Å². The molecule has 2 aromatic heterocycles. The molecule has 298 valence electrons. The summed E-state index contributed by atoms with van der Waals surface area (Å²) in [5, 5.41) is 9.11. The molecule has 58 heavy (non-hydrogen) atoms. The van der Waals surface area contributed by atoms with E-state index in [0.717, 1.165) is 32.3 Å². The fourth-order valence-corrected chi connectivity index (χ4v) is 8.15. The van der Waals surface area contributed by atoms with Crippen LogP contribution in [0.15, 0.2) is 73.3 Å². The van der Waals surface area contributed by atoms with Gasteiger partial charge in [-0.1, -0.05) is 48.5 Å². The Morgan fingerprint density at radius 2 is 1.41 bits per heavy atom. The van der Waals surface area contributed by atoms with Crippen molar-refractivity contribution in [3.63, 3.8) is 0 Å². The number of anilines is 1. The minimum Gasteiger partial charge on any atom is -0.463 e. The summed E-state index contributed by atoms with van der Waals surface area (Å²) in [5.41, 5.74) is 1.81. The van der Waals surface area contributed by atoms with Crippen molar-refractivity contribution in [2.24, 2.45) is 0 Å². The molecule has 1 N–H and O–H groups in total. The average molecular weight is 790 g/mol. The van der Waals surface area contributed by atoms with E-state index in [2.05, 4.69) is 44.5 Å². The molecule has 16 heteroatoms. The second-order valence-corrected chi connectivity index (χ2v) is 14.3. The predicted molar refractivity (Wildman–Crippen MR) is 207 cm³/mol. The van der Waals surface area contributed by atoms with Gasteiger partial charge >= 0.3 is 29.8 Å². The normalized spacial score (nSPS) is 22.7. The number of fused-ring (bicyclic) bond motifs is 7. The second-order valence-electron chi connectivity index (χ2n) is 14.3. The van der Waals surface area contributed by atoms with Crippen LogP contribution in [0.3, 0.4) is 0 Å². The highest BCUT2D eigenvalue weighted by molar-refractivity contribution is 6.12. The zero-order valence-corrected chi connectivity index (χ0v) is 32.2. The Bertz CT molecular complexity index is 2640. The lowest BCUT2D eigenvalue weighted by molar-refractivity contribution is -0.187. The third-order valence-corrected chi connectivity index (χ3v) is 10.3. The van der Waals surface area contributed by atoms with Gasteiger partial charge in [-0.2, -0.15) is 0 Å². The summed E-state index contributed by atoms with van der Waals surface area (Å²) >= 11 is 0. The number of hydrogen-bond donors (Lipinski definition) is 1. The van der Waals surface area contributed by atoms with Crippen molar-refractivity contribution >= 4 is 79.1 Å². The molecular formula is C42H39N5O11. The zero-order valence-electron chi connectivity index (χ0n) is 32.2. The summed E-state index contributed by atoms with van der Waals surface area (Å²) < 4.78 is 36.4. The van der Waals surface area contributed by atoms with Gasteiger partial charge in [-0.15, -0.1) is 0 Å². The molecule has 1 fully saturated rings. The van der Waals surface area contributed by atoms with E-state index in [1.54, 1.807) is 4.57 Å². The highest BCUT2D eigenvalue weighted by Gasteiger charge is 2.50. The number of carbonyl (C=O) groups is 5. The van der Waals surface area contributed by atoms with Crippen molar-refractivity contribution in [3.8, 4) is 0 Å². The smallest absolute Gasteiger partial charge is 0.303 e. The predicted octanol–water partition coefficient (Wildman–Crippen LogP) is 5.70. The van der Waals surface area contributed by atoms with Gasteiger partial charge in [0.05, 0.1) is 12.4 Å². The lowest BCUT2D eigenvalue weighted by Gasteiger charge is -2.42. The molecule has 0 amide bonds. The fraction of sp³-hybridized carbons (Fsp3) is 0.333. The van der Waals surface area contributed by atoms with E-state index in [1.807, 2.05) is 36.4 Å². The first-order valence-corrected chi connectivity index (χ1v) is 18.7. The Hall–Kier alpha value is -6.68. The number of nitrogens with zero attached hydrogens (tertiary/aromatic N) is 4. The number of hydrogen-bond acceptors (Lipinski definition) is 15. The van der Waals surface area contributed by atoms with Crippen molar-refractivity contribution in [2.75, 3.05) is 11.9 Å². The molecular weight excluding hydrogens is 750 g/mol. The molecule has 1 aliphatic carbocycles. The topological polar surface area (TPSA) is 196 Å². The largest absolute Gasteiger partial charge is 0.463 e. The lowest BCUT2D eigenvalue weighted by Crippen LogP contribution is -2.49. The monoisotopic (exact) mass is 789 g/mol. The minimum absolute atomic E-state index is 0.131. The van der Waals surface area contributed by atoms with Crippen LogP contribution in [0.25, 0.3) is 43.5 Å². The molecule has 0 saturated carbocycles. The third kappa shape index (κ3) is 7.22. The Morgan fingerprint density at radius 1 is 0.724 bits per heavy atom. The van der Waals surface area contributed by atoms with E-state index in [-0.39, 0.29) is 18.8 Å². The molecule has 0 unspecified atom stereocenters. The van der Waals surface area contributed by atoms with Gasteiger partial charge in [0, 0.05) is 46.6 Å². The first-order valence-electron chi connectivity index (χ1n) is 18.7. The van der Waals surface area contributed by atoms with Crippen LogP contribution in [0.4, 0.5) is 5.82 Å². The van der Waals surface area contributed by atoms with Crippen LogP contribution in [-0.4, -0.2) is 80.4 Å². The van der Waals surface area contributed by atoms with E-state index in [4.69, 9.17) is 28.4 Å². The summed E-state index contributed by atoms with van der Waals surface area (Å²) in [6, 6.07) is 19.1. The van der Waals surface area contributed by atoms with Gasteiger partial charge in [0.15, 0.2) is 35.3 Å². The Morgan fingerprint density at radius 3 is 2.16 bits per heavy atom. The SMILES string of the molecule is CC(=O)OC[C@H]1O[C@@H](n2cnc3c(N[C@H]4c5c(ccc6cc7ccc8ccccc8c7cc56)[C@@H](OC(C)=O)[C@H](OC(C)=O)[C@H]4OC(C)=O)ncnc32)C[C@@H]1OC(C)=O. The van der Waals surface area contributed by atoms with E-state index in [9.17, 15) is 24.0 Å². The number of esters is 5. The number of aromatic nitrogens is 4. The van der Waals surface area contributed by atoms with Gasteiger partial charge in [0.2, 0.25) is 0 Å². The van der Waals surface area contributed by atoms with Crippen LogP contribution in [0.5, 0.6) is 0 Å². The first kappa shape index (κ1) is 38.2. The quantitative estimate of drug-likeness (QED) is 0.0810. The van der Waals surface area contributed by atoms with Crippen molar-refractivity contribution in [1.29, 1.82) is 0 Å². The molecule has 1 aliphatic heterocycles. The summed E-state index contributed by atoms with van der Waals surface area (Å²) in [6.07, 6.45) is -2.80. The van der Waals surface area contributed by atoms with Crippen LogP contribution < -0.4 is 5.32 Å². The molecule has 0 spiro atoms. The maximum absolute atomic E-state index is 12.9. The van der Waals surface area contributed by atoms with Gasteiger partial charge in [-0.3, -0.25) is 28.5 Å². The molecule has 16 nitrogen and oxygen atoms in total. The average Bonchev–Trinajstić information content (AvgIpc) is 3.79. The van der Waals surface area contributed by atoms with E-state index in [0.29, 0.717) is 22.3 Å². The maximum atomic E-state index is 12.9. The first-order chi connectivity index (χ1) is 27.9.